The molecular weight excluding hydrogens is 347 g/mol. The molecule has 8 nitrogen and oxygen atoms in total. The lowest BCUT2D eigenvalue weighted by atomic mass is 10.1. The van der Waals surface area contributed by atoms with E-state index < -0.39 is 38.6 Å². The molecule has 0 amide bonds. The number of ether oxygens (including phenoxy) is 1. The molecule has 1 N–H and O–H groups in total. The summed E-state index contributed by atoms with van der Waals surface area (Å²) in [7, 11) is 0. The van der Waals surface area contributed by atoms with E-state index in [-0.39, 0.29) is 6.54 Å². The molecule has 0 aliphatic carbocycles. The topological polar surface area (TPSA) is 108 Å². The molecule has 25 heavy (non-hydrogen) atoms. The Labute approximate surface area is 139 Å². The molecule has 136 valence electrons. The highest BCUT2D eigenvalue weighted by molar-refractivity contribution is 5.75. The monoisotopic (exact) mass is 361 g/mol. The highest BCUT2D eigenvalue weighted by atomic mass is 19.4. The Hall–Kier alpha value is -2.69. The van der Waals surface area contributed by atoms with Crippen LogP contribution in [0, 0.1) is 20.2 Å². The quantitative estimate of drug-likeness (QED) is 0.470. The van der Waals surface area contributed by atoms with Crippen LogP contribution in [0.15, 0.2) is 23.8 Å². The summed E-state index contributed by atoms with van der Waals surface area (Å²) >= 11 is 0. The van der Waals surface area contributed by atoms with Crippen molar-refractivity contribution in [3.05, 3.63) is 49.6 Å². The molecule has 0 bridgehead atoms. The number of nitro groups is 2. The summed E-state index contributed by atoms with van der Waals surface area (Å²) in [6, 6.07) is 0.589. The molecule has 0 spiro atoms. The Balaban J connectivity index is 2.32. The van der Waals surface area contributed by atoms with Gasteiger partial charge in [-0.1, -0.05) is 11.6 Å². The van der Waals surface area contributed by atoms with Gasteiger partial charge in [-0.05, 0) is 12.8 Å². The van der Waals surface area contributed by atoms with E-state index in [0.717, 1.165) is 5.57 Å². The van der Waals surface area contributed by atoms with Gasteiger partial charge in [-0.15, -0.1) is 0 Å². The van der Waals surface area contributed by atoms with Gasteiger partial charge in [0.2, 0.25) is 0 Å². The summed E-state index contributed by atoms with van der Waals surface area (Å²) in [6.45, 7) is 1.08. The maximum atomic E-state index is 12.8. The molecule has 1 aromatic carbocycles. The summed E-state index contributed by atoms with van der Waals surface area (Å²) < 4.78 is 43.6. The zero-order chi connectivity index (χ0) is 18.6. The molecule has 1 aromatic rings. The van der Waals surface area contributed by atoms with Crippen molar-refractivity contribution in [1.29, 1.82) is 0 Å². The van der Waals surface area contributed by atoms with Crippen LogP contribution in [-0.2, 0) is 10.9 Å². The molecule has 0 fully saturated rings. The molecular formula is C14H14F3N3O5. The number of nitro benzene ring substituents is 2. The maximum Gasteiger partial charge on any atom is 0.416 e. The van der Waals surface area contributed by atoms with Crippen molar-refractivity contribution in [2.75, 3.05) is 25.1 Å². The fraction of sp³-hybridized carbons (Fsp3) is 0.429. The van der Waals surface area contributed by atoms with Crippen molar-refractivity contribution in [2.24, 2.45) is 0 Å². The van der Waals surface area contributed by atoms with Crippen LogP contribution in [0.5, 0.6) is 0 Å². The Kier molecular flexibility index (Phi) is 5.57. The first-order chi connectivity index (χ1) is 11.7. The lowest BCUT2D eigenvalue weighted by Crippen LogP contribution is -2.13. The van der Waals surface area contributed by atoms with Gasteiger partial charge in [0.25, 0.3) is 11.4 Å². The Bertz CT molecular complexity index is 683. The van der Waals surface area contributed by atoms with Crippen LogP contribution >= 0.6 is 0 Å². The number of hydrogen-bond donors (Lipinski definition) is 1. The fourth-order valence-electron chi connectivity index (χ4n) is 2.39. The fourth-order valence-corrected chi connectivity index (χ4v) is 2.39. The van der Waals surface area contributed by atoms with Gasteiger partial charge in [-0.3, -0.25) is 20.2 Å². The van der Waals surface area contributed by atoms with Crippen molar-refractivity contribution in [3.8, 4) is 0 Å². The summed E-state index contributed by atoms with van der Waals surface area (Å²) in [5, 5.41) is 24.7. The molecule has 0 atom stereocenters. The average Bonchev–Trinajstić information content (AvgIpc) is 2.54. The van der Waals surface area contributed by atoms with Crippen molar-refractivity contribution >= 4 is 17.1 Å². The Morgan fingerprint density at radius 2 is 1.76 bits per heavy atom. The van der Waals surface area contributed by atoms with Crippen molar-refractivity contribution in [2.45, 2.75) is 19.0 Å². The number of anilines is 1. The van der Waals surface area contributed by atoms with Crippen LogP contribution in [0.4, 0.5) is 30.2 Å². The number of benzene rings is 1. The van der Waals surface area contributed by atoms with Crippen molar-refractivity contribution in [3.63, 3.8) is 0 Å². The first-order valence-electron chi connectivity index (χ1n) is 7.23. The van der Waals surface area contributed by atoms with Crippen LogP contribution < -0.4 is 5.32 Å². The molecule has 1 heterocycles. The molecule has 1 aliphatic heterocycles. The summed E-state index contributed by atoms with van der Waals surface area (Å²) in [4.78, 5) is 20.0. The third kappa shape index (κ3) is 4.66. The highest BCUT2D eigenvalue weighted by Crippen LogP contribution is 2.41. The minimum Gasteiger partial charge on any atom is -0.377 e. The van der Waals surface area contributed by atoms with Gasteiger partial charge < -0.3 is 10.1 Å². The van der Waals surface area contributed by atoms with Gasteiger partial charge >= 0.3 is 6.18 Å². The number of rotatable bonds is 6. The number of nitrogens with one attached hydrogen (secondary N) is 1. The maximum absolute atomic E-state index is 12.8. The van der Waals surface area contributed by atoms with E-state index in [1.807, 2.05) is 6.08 Å². The Morgan fingerprint density at radius 1 is 1.16 bits per heavy atom. The second-order valence-electron chi connectivity index (χ2n) is 5.27. The zero-order valence-corrected chi connectivity index (χ0v) is 12.8. The molecule has 0 saturated heterocycles. The number of nitrogens with zero attached hydrogens (tertiary/aromatic N) is 2. The highest BCUT2D eigenvalue weighted by Gasteiger charge is 2.37. The predicted molar refractivity (Wildman–Crippen MR) is 81.4 cm³/mol. The molecule has 1 aliphatic rings. The van der Waals surface area contributed by atoms with E-state index in [0.29, 0.717) is 38.2 Å². The Morgan fingerprint density at radius 3 is 2.20 bits per heavy atom. The normalized spacial score (nSPS) is 14.8. The first kappa shape index (κ1) is 18.6. The van der Waals surface area contributed by atoms with Crippen LogP contribution in [0.25, 0.3) is 0 Å². The van der Waals surface area contributed by atoms with E-state index >= 15 is 0 Å². The largest absolute Gasteiger partial charge is 0.416 e. The zero-order valence-electron chi connectivity index (χ0n) is 12.8. The van der Waals surface area contributed by atoms with Gasteiger partial charge in [-0.25, -0.2) is 0 Å². The molecule has 11 heteroatoms. The standard InChI is InChI=1S/C14H14F3N3O5/c15-14(16,17)10-7-11(19(21)22)13(12(8-10)20(23)24)18-4-1-9-2-5-25-6-3-9/h2,7-8,18H,1,3-6H2. The minimum absolute atomic E-state index is 0.110. The van der Waals surface area contributed by atoms with Gasteiger partial charge in [-0.2, -0.15) is 13.2 Å². The van der Waals surface area contributed by atoms with Crippen molar-refractivity contribution in [1.82, 2.24) is 0 Å². The summed E-state index contributed by atoms with van der Waals surface area (Å²) in [6.07, 6.45) is -1.99. The second-order valence-corrected chi connectivity index (χ2v) is 5.27. The predicted octanol–water partition coefficient (Wildman–Crippen LogP) is 3.67. The SMILES string of the molecule is O=[N+]([O-])c1cc(C(F)(F)F)cc([N+](=O)[O-])c1NCCC1=CCOCC1. The van der Waals surface area contributed by atoms with Crippen LogP contribution in [0.3, 0.4) is 0 Å². The smallest absolute Gasteiger partial charge is 0.377 e. The van der Waals surface area contributed by atoms with E-state index in [2.05, 4.69) is 5.32 Å². The van der Waals surface area contributed by atoms with Gasteiger partial charge in [0.15, 0.2) is 5.69 Å². The first-order valence-corrected chi connectivity index (χ1v) is 7.23. The second kappa shape index (κ2) is 7.47. The minimum atomic E-state index is -4.93. The molecule has 0 unspecified atom stereocenters. The van der Waals surface area contributed by atoms with Crippen LogP contribution in [0.2, 0.25) is 0 Å². The van der Waals surface area contributed by atoms with E-state index in [4.69, 9.17) is 4.74 Å². The lowest BCUT2D eigenvalue weighted by molar-refractivity contribution is -0.392. The summed E-state index contributed by atoms with van der Waals surface area (Å²) in [5.74, 6) is 0. The number of halogens is 3. The number of hydrogen-bond acceptors (Lipinski definition) is 6. The summed E-state index contributed by atoms with van der Waals surface area (Å²) in [5.41, 5.74) is -2.93. The molecule has 0 aromatic heterocycles. The van der Waals surface area contributed by atoms with Crippen LogP contribution in [0.1, 0.15) is 18.4 Å². The number of alkyl halides is 3. The van der Waals surface area contributed by atoms with Gasteiger partial charge in [0.05, 0.1) is 28.6 Å². The van der Waals surface area contributed by atoms with Gasteiger partial charge in [0, 0.05) is 18.7 Å². The molecule has 0 radical (unpaired) electrons. The lowest BCUT2D eigenvalue weighted by Gasteiger charge is -2.15. The van der Waals surface area contributed by atoms with Gasteiger partial charge in [0.1, 0.15) is 0 Å². The molecule has 2 rings (SSSR count). The average molecular weight is 361 g/mol. The molecule has 0 saturated carbocycles. The third-order valence-corrected chi connectivity index (χ3v) is 3.62. The van der Waals surface area contributed by atoms with Crippen LogP contribution in [-0.4, -0.2) is 29.6 Å². The van der Waals surface area contributed by atoms with E-state index in [1.54, 1.807) is 0 Å². The van der Waals surface area contributed by atoms with Crippen molar-refractivity contribution < 1.29 is 27.8 Å². The third-order valence-electron chi connectivity index (χ3n) is 3.62. The van der Waals surface area contributed by atoms with E-state index in [1.165, 1.54) is 0 Å². The van der Waals surface area contributed by atoms with E-state index in [9.17, 15) is 33.4 Å².